The van der Waals surface area contributed by atoms with Gasteiger partial charge in [0, 0.05) is 0 Å². The zero-order valence-corrected chi connectivity index (χ0v) is 34.4. The molecule has 10 unspecified atom stereocenters. The van der Waals surface area contributed by atoms with E-state index >= 15 is 0 Å². The summed E-state index contributed by atoms with van der Waals surface area (Å²) in [5.74, 6) is 0. The Labute approximate surface area is 298 Å². The van der Waals surface area contributed by atoms with Crippen LogP contribution in [0.15, 0.2) is 121 Å². The number of nitrogens with zero attached hydrogens (tertiary/aromatic N) is 2. The Bertz CT molecular complexity index is 2400. The van der Waals surface area contributed by atoms with Gasteiger partial charge >= 0.3 is 300 Å². The second kappa shape index (κ2) is 5.38. The van der Waals surface area contributed by atoms with Gasteiger partial charge in [0.2, 0.25) is 0 Å². The Morgan fingerprint density at radius 2 is 0.667 bits per heavy atom. The zero-order chi connectivity index (χ0) is 34.9. The van der Waals surface area contributed by atoms with Gasteiger partial charge in [-0.05, 0) is 0 Å². The van der Waals surface area contributed by atoms with Crippen molar-refractivity contribution in [3.05, 3.63) is 121 Å². The van der Waals surface area contributed by atoms with Gasteiger partial charge in [0.25, 0.3) is 0 Å². The van der Waals surface area contributed by atoms with Crippen LogP contribution in [0.3, 0.4) is 0 Å². The van der Waals surface area contributed by atoms with Crippen LogP contribution in [0.1, 0.15) is 55.4 Å². The van der Waals surface area contributed by atoms with Crippen LogP contribution in [0.5, 0.6) is 0 Å². The summed E-state index contributed by atoms with van der Waals surface area (Å²) in [5, 5.41) is 6.75. The third-order valence-corrected chi connectivity index (χ3v) is 79.4. The van der Waals surface area contributed by atoms with Crippen molar-refractivity contribution in [3.8, 4) is 0 Å². The van der Waals surface area contributed by atoms with Crippen LogP contribution in [-0.4, -0.2) is 51.0 Å². The molecule has 4 aromatic carbocycles. The van der Waals surface area contributed by atoms with Gasteiger partial charge in [0.15, 0.2) is 0 Å². The standard InChI is InChI=1S/2C23H27NP.Fe/c2*1-18(2)24(19(3)4)22-16-11-17-23(22)25(20-12-7-5-8-13-20)21-14-9-6-10-15-21;/h2*5-19H,1-4H3;. The molecule has 0 radical (unpaired) electrons. The first-order valence-electron chi connectivity index (χ1n) is 20.0. The quantitative estimate of drug-likeness (QED) is 0.105. The summed E-state index contributed by atoms with van der Waals surface area (Å²) >= 11 is 0. The predicted molar refractivity (Wildman–Crippen MR) is 216 cm³/mol. The first kappa shape index (κ1) is 29.5. The van der Waals surface area contributed by atoms with E-state index in [0.717, 1.165) is 28.9 Å². The van der Waals surface area contributed by atoms with Crippen molar-refractivity contribution in [1.29, 1.82) is 0 Å². The van der Waals surface area contributed by atoms with Gasteiger partial charge in [-0.2, -0.15) is 0 Å². The van der Waals surface area contributed by atoms with E-state index in [1.165, 1.54) is 0 Å². The fraction of sp³-hybridized carbons (Fsp3) is 0.478. The third-order valence-electron chi connectivity index (χ3n) is 22.5. The molecule has 10 saturated heterocycles. The molecule has 0 aliphatic carbocycles. The van der Waals surface area contributed by atoms with E-state index < -0.39 is 22.4 Å². The molecule has 0 aromatic heterocycles. The topological polar surface area (TPSA) is 6.48 Å². The van der Waals surface area contributed by atoms with Crippen molar-refractivity contribution >= 4 is 37.1 Å². The van der Waals surface area contributed by atoms with E-state index in [1.54, 1.807) is 21.2 Å². The number of rotatable bonds is 12. The van der Waals surface area contributed by atoms with Crippen molar-refractivity contribution in [1.82, 2.24) is 9.80 Å². The Balaban J connectivity index is 1.20. The molecule has 0 N–H and O–H groups in total. The maximum atomic E-state index is 3.35. The van der Waals surface area contributed by atoms with E-state index in [1.807, 2.05) is 0 Å². The van der Waals surface area contributed by atoms with Gasteiger partial charge < -0.3 is 0 Å². The minimum absolute atomic E-state index is 0.433. The van der Waals surface area contributed by atoms with Gasteiger partial charge in [0.1, 0.15) is 0 Å². The summed E-state index contributed by atoms with van der Waals surface area (Å²) in [5.41, 5.74) is 0. The maximum absolute atomic E-state index is 4.95. The van der Waals surface area contributed by atoms with Gasteiger partial charge in [-0.25, -0.2) is 0 Å². The third kappa shape index (κ3) is 0.888. The molecule has 0 saturated carbocycles. The first-order chi connectivity index (χ1) is 24.4. The molecule has 51 heavy (non-hydrogen) atoms. The molecule has 14 rings (SSSR count). The van der Waals surface area contributed by atoms with Crippen LogP contribution in [0.2, 0.25) is 28.9 Å². The molecule has 10 aliphatic heterocycles. The molecule has 10 aliphatic rings. The summed E-state index contributed by atoms with van der Waals surface area (Å²) in [6.45, 7) is 15.9. The van der Waals surface area contributed by atoms with Gasteiger partial charge in [-0.1, -0.05) is 0 Å². The van der Waals surface area contributed by atoms with E-state index in [2.05, 4.69) is 187 Å². The molecule has 266 valence electrons. The van der Waals surface area contributed by atoms with Crippen molar-refractivity contribution in [3.63, 3.8) is 0 Å². The van der Waals surface area contributed by atoms with E-state index in [-0.39, 0.29) is 0 Å². The Morgan fingerprint density at radius 1 is 0.412 bits per heavy atom. The summed E-state index contributed by atoms with van der Waals surface area (Å²) in [6, 6.07) is 51.1. The van der Waals surface area contributed by atoms with Gasteiger partial charge in [-0.15, -0.1) is 0 Å². The zero-order valence-electron chi connectivity index (χ0n) is 31.5. The number of benzene rings is 4. The van der Waals surface area contributed by atoms with E-state index in [9.17, 15) is 0 Å². The molecule has 10 atom stereocenters. The van der Waals surface area contributed by atoms with E-state index in [4.69, 9.17) is 0 Å². The fourth-order valence-corrected chi connectivity index (χ4v) is 134. The molecular formula is C46H54FeN2P2. The number of hydrogen-bond acceptors (Lipinski definition) is 2. The van der Waals surface area contributed by atoms with Crippen LogP contribution < -0.4 is 21.2 Å². The Hall–Kier alpha value is -1.82. The second-order valence-electron chi connectivity index (χ2n) is 21.0. The summed E-state index contributed by atoms with van der Waals surface area (Å²) in [7, 11) is -1.09. The first-order valence-corrected chi connectivity index (χ1v) is 28.7. The van der Waals surface area contributed by atoms with E-state index in [0.29, 0.717) is 41.2 Å². The number of hydrogen-bond donors (Lipinski definition) is 0. The minimum atomic E-state index is -4.95. The van der Waals surface area contributed by atoms with Crippen molar-refractivity contribution in [2.75, 3.05) is 0 Å². The monoisotopic (exact) mass is 752 g/mol. The average molecular weight is 753 g/mol. The van der Waals surface area contributed by atoms with Crippen LogP contribution in [0.4, 0.5) is 0 Å². The summed E-state index contributed by atoms with van der Waals surface area (Å²) in [6.07, 6.45) is 0. The Morgan fingerprint density at radius 3 is 0.882 bits per heavy atom. The number of fused-ring (bicyclic) bond motifs is 10. The molecule has 1 spiro atoms. The molecule has 10 heterocycles. The van der Waals surface area contributed by atoms with Gasteiger partial charge in [0.05, 0.1) is 0 Å². The molecular weight excluding hydrogens is 698 g/mol. The summed E-state index contributed by atoms with van der Waals surface area (Å²) < 4.78 is 1.83. The molecule has 5 heteroatoms. The summed E-state index contributed by atoms with van der Waals surface area (Å²) in [4.78, 5) is 13.0. The van der Waals surface area contributed by atoms with Crippen molar-refractivity contribution in [2.24, 2.45) is 0 Å². The molecule has 0 bridgehead atoms. The fourth-order valence-electron chi connectivity index (χ4n) is 25.5. The average Bonchev–Trinajstić information content (AvgIpc) is 4.08. The SMILES string of the molecule is CC(C)N(C(C)C)[C]12[CH]3[CH]4[CH]5[C]1(P(c1ccccc1)c1ccccc1)[Fe]43521678[CH]2[CH]1[C]6(N(C(C)C)C(C)C)[C]7(P(c1ccccc1)c1ccccc1)[CH]28. The predicted octanol–water partition coefficient (Wildman–Crippen LogP) is 9.51. The normalized spacial score (nSPS) is 52.7. The molecule has 4 aromatic rings. The van der Waals surface area contributed by atoms with Crippen molar-refractivity contribution in [2.45, 2.75) is 125 Å². The van der Waals surface area contributed by atoms with Crippen LogP contribution in [0, 0.1) is 0 Å². The Kier molecular flexibility index (Phi) is 3.12. The van der Waals surface area contributed by atoms with Crippen LogP contribution in [0.25, 0.3) is 0 Å². The molecule has 10 fully saturated rings. The molecule has 0 amide bonds. The van der Waals surface area contributed by atoms with Gasteiger partial charge in [-0.3, -0.25) is 0 Å². The van der Waals surface area contributed by atoms with Crippen LogP contribution >= 0.6 is 15.8 Å². The van der Waals surface area contributed by atoms with Crippen molar-refractivity contribution < 1.29 is 6.51 Å². The second-order valence-corrected chi connectivity index (χ2v) is 49.1. The molecule has 2 nitrogen and oxygen atoms in total. The van der Waals surface area contributed by atoms with Crippen LogP contribution in [-0.2, 0) is 6.51 Å².